The second kappa shape index (κ2) is 3.23. The molecule has 1 spiro atoms. The molecule has 17 heavy (non-hydrogen) atoms. The molecular weight excluding hydrogens is 268 g/mol. The van der Waals surface area contributed by atoms with Crippen LogP contribution in [0.1, 0.15) is 19.8 Å². The summed E-state index contributed by atoms with van der Waals surface area (Å²) in [4.78, 5) is 0. The summed E-state index contributed by atoms with van der Waals surface area (Å²) in [6, 6.07) is 0. The molecule has 0 aromatic carbocycles. The van der Waals surface area contributed by atoms with Gasteiger partial charge in [0.05, 0.1) is 23.7 Å². The molecule has 3 unspecified atom stereocenters. The van der Waals surface area contributed by atoms with Crippen molar-refractivity contribution >= 4 is 20.2 Å². The summed E-state index contributed by atoms with van der Waals surface area (Å²) in [5.41, 5.74) is -0.368. The van der Waals surface area contributed by atoms with Gasteiger partial charge in [0.2, 0.25) is 0 Å². The summed E-state index contributed by atoms with van der Waals surface area (Å²) >= 11 is 0. The standard InChI is InChI=1S/C9H14O6S2/c1-6-9(2-3-9)8(15-17(6,12)13)7-4-14-16(10,11)5-7/h6-8H,2-5H2,1H3. The van der Waals surface area contributed by atoms with Crippen LogP contribution in [0.2, 0.25) is 0 Å². The van der Waals surface area contributed by atoms with E-state index in [4.69, 9.17) is 4.18 Å². The fourth-order valence-corrected chi connectivity index (χ4v) is 5.97. The number of hydrogen-bond acceptors (Lipinski definition) is 6. The molecule has 0 N–H and O–H groups in total. The molecule has 2 aliphatic heterocycles. The molecule has 1 saturated carbocycles. The van der Waals surface area contributed by atoms with Crippen molar-refractivity contribution in [3.8, 4) is 0 Å². The summed E-state index contributed by atoms with van der Waals surface area (Å²) in [6.45, 7) is 1.68. The van der Waals surface area contributed by atoms with Crippen molar-refractivity contribution in [3.05, 3.63) is 0 Å². The molecule has 3 fully saturated rings. The van der Waals surface area contributed by atoms with Crippen LogP contribution >= 0.6 is 0 Å². The normalized spacial score (nSPS) is 45.1. The Morgan fingerprint density at radius 1 is 1.18 bits per heavy atom. The fourth-order valence-electron chi connectivity index (χ4n) is 2.95. The topological polar surface area (TPSA) is 86.7 Å². The second-order valence-electron chi connectivity index (χ2n) is 5.15. The molecule has 2 saturated heterocycles. The van der Waals surface area contributed by atoms with Crippen molar-refractivity contribution in [2.75, 3.05) is 12.4 Å². The van der Waals surface area contributed by atoms with Gasteiger partial charge in [-0.15, -0.1) is 0 Å². The maximum absolute atomic E-state index is 11.7. The first-order valence-electron chi connectivity index (χ1n) is 5.56. The van der Waals surface area contributed by atoms with E-state index in [1.165, 1.54) is 0 Å². The molecule has 98 valence electrons. The van der Waals surface area contributed by atoms with E-state index in [1.807, 2.05) is 0 Å². The average Bonchev–Trinajstić information content (AvgIpc) is 2.89. The highest BCUT2D eigenvalue weighted by atomic mass is 32.2. The lowest BCUT2D eigenvalue weighted by Crippen LogP contribution is -2.33. The smallest absolute Gasteiger partial charge is 0.270 e. The maximum atomic E-state index is 11.7. The minimum Gasteiger partial charge on any atom is -0.270 e. The van der Waals surface area contributed by atoms with Crippen LogP contribution in [-0.2, 0) is 28.6 Å². The van der Waals surface area contributed by atoms with Gasteiger partial charge in [-0.3, -0.25) is 8.37 Å². The molecule has 8 heteroatoms. The minimum atomic E-state index is -3.54. The first-order chi connectivity index (χ1) is 7.77. The van der Waals surface area contributed by atoms with Crippen LogP contribution in [0, 0.1) is 11.3 Å². The third kappa shape index (κ3) is 1.65. The Kier molecular flexibility index (Phi) is 2.26. The molecule has 3 aliphatic rings. The van der Waals surface area contributed by atoms with Gasteiger partial charge >= 0.3 is 0 Å². The van der Waals surface area contributed by atoms with E-state index < -0.39 is 31.6 Å². The van der Waals surface area contributed by atoms with Crippen molar-refractivity contribution in [1.29, 1.82) is 0 Å². The SMILES string of the molecule is CC1C2(CC2)C(C2COS(=O)(=O)C2)OS1(=O)=O. The zero-order chi connectivity index (χ0) is 12.5. The summed E-state index contributed by atoms with van der Waals surface area (Å²) in [7, 11) is -7.03. The van der Waals surface area contributed by atoms with Crippen molar-refractivity contribution in [3.63, 3.8) is 0 Å². The molecule has 2 heterocycles. The Labute approximate surface area is 101 Å². The van der Waals surface area contributed by atoms with Crippen LogP contribution in [0.3, 0.4) is 0 Å². The van der Waals surface area contributed by atoms with Crippen LogP contribution in [0.25, 0.3) is 0 Å². The first kappa shape index (κ1) is 11.9. The van der Waals surface area contributed by atoms with Crippen LogP contribution in [0.15, 0.2) is 0 Å². The van der Waals surface area contributed by atoms with E-state index in [-0.39, 0.29) is 23.7 Å². The van der Waals surface area contributed by atoms with E-state index in [1.54, 1.807) is 6.92 Å². The van der Waals surface area contributed by atoms with Crippen molar-refractivity contribution in [1.82, 2.24) is 0 Å². The summed E-state index contributed by atoms with van der Waals surface area (Å²) < 4.78 is 55.8. The third-order valence-corrected chi connectivity index (χ3v) is 7.33. The van der Waals surface area contributed by atoms with Gasteiger partial charge in [0.25, 0.3) is 20.2 Å². The Bertz CT molecular complexity index is 544. The largest absolute Gasteiger partial charge is 0.270 e. The van der Waals surface area contributed by atoms with Gasteiger partial charge in [0.15, 0.2) is 0 Å². The highest BCUT2D eigenvalue weighted by Gasteiger charge is 2.67. The Balaban J connectivity index is 1.91. The van der Waals surface area contributed by atoms with Crippen LogP contribution in [-0.4, -0.2) is 40.5 Å². The van der Waals surface area contributed by atoms with Gasteiger partial charge in [-0.2, -0.15) is 16.8 Å². The summed E-state index contributed by atoms with van der Waals surface area (Å²) in [5.74, 6) is -0.496. The van der Waals surface area contributed by atoms with Crippen molar-refractivity contribution in [2.45, 2.75) is 31.1 Å². The quantitative estimate of drug-likeness (QED) is 0.622. The highest BCUT2D eigenvalue weighted by molar-refractivity contribution is 7.87. The Morgan fingerprint density at radius 3 is 2.29 bits per heavy atom. The monoisotopic (exact) mass is 282 g/mol. The third-order valence-electron chi connectivity index (χ3n) is 4.18. The first-order valence-corrected chi connectivity index (χ1v) is 8.61. The molecule has 3 atom stereocenters. The van der Waals surface area contributed by atoms with E-state index in [0.717, 1.165) is 12.8 Å². The van der Waals surface area contributed by atoms with Crippen molar-refractivity contribution in [2.24, 2.45) is 11.3 Å². The minimum absolute atomic E-state index is 0.0387. The van der Waals surface area contributed by atoms with Gasteiger partial charge in [-0.05, 0) is 19.8 Å². The van der Waals surface area contributed by atoms with Gasteiger partial charge < -0.3 is 0 Å². The highest BCUT2D eigenvalue weighted by Crippen LogP contribution is 2.61. The number of rotatable bonds is 1. The van der Waals surface area contributed by atoms with Gasteiger partial charge in [-0.25, -0.2) is 0 Å². The van der Waals surface area contributed by atoms with Gasteiger partial charge in [-0.1, -0.05) is 0 Å². The van der Waals surface area contributed by atoms with Crippen LogP contribution in [0.5, 0.6) is 0 Å². The molecule has 0 radical (unpaired) electrons. The lowest BCUT2D eigenvalue weighted by atomic mass is 9.87. The Hall–Kier alpha value is -0.180. The molecule has 6 nitrogen and oxygen atoms in total. The van der Waals surface area contributed by atoms with Gasteiger partial charge in [0.1, 0.15) is 0 Å². The molecular formula is C9H14O6S2. The predicted octanol–water partition coefficient (Wildman–Crippen LogP) is -0.140. The average molecular weight is 282 g/mol. The van der Waals surface area contributed by atoms with Crippen LogP contribution < -0.4 is 0 Å². The zero-order valence-electron chi connectivity index (χ0n) is 9.33. The van der Waals surface area contributed by atoms with E-state index >= 15 is 0 Å². The molecule has 3 rings (SSSR count). The summed E-state index contributed by atoms with van der Waals surface area (Å²) in [6.07, 6.45) is 1.04. The molecule has 1 aliphatic carbocycles. The van der Waals surface area contributed by atoms with Gasteiger partial charge in [0, 0.05) is 11.3 Å². The molecule has 0 bridgehead atoms. The lowest BCUT2D eigenvalue weighted by molar-refractivity contribution is 0.0975. The Morgan fingerprint density at radius 2 is 1.82 bits per heavy atom. The fraction of sp³-hybridized carbons (Fsp3) is 1.00. The van der Waals surface area contributed by atoms with Crippen molar-refractivity contribution < 1.29 is 25.2 Å². The maximum Gasteiger partial charge on any atom is 0.270 e. The predicted molar refractivity (Wildman–Crippen MR) is 58.2 cm³/mol. The number of hydrogen-bond donors (Lipinski definition) is 0. The van der Waals surface area contributed by atoms with E-state index in [9.17, 15) is 16.8 Å². The lowest BCUT2D eigenvalue weighted by Gasteiger charge is -2.21. The second-order valence-corrected chi connectivity index (χ2v) is 8.72. The van der Waals surface area contributed by atoms with E-state index in [0.29, 0.717) is 0 Å². The molecule has 0 aromatic heterocycles. The molecule has 0 aromatic rings. The molecule has 0 amide bonds. The zero-order valence-corrected chi connectivity index (χ0v) is 11.0. The van der Waals surface area contributed by atoms with E-state index in [2.05, 4.69) is 4.18 Å². The van der Waals surface area contributed by atoms with Crippen LogP contribution in [0.4, 0.5) is 0 Å². The summed E-state index contributed by atoms with van der Waals surface area (Å²) in [5, 5.41) is -0.539.